The molecule has 2 aromatic rings. The smallest absolute Gasteiger partial charge is 0.0813 e. The summed E-state index contributed by atoms with van der Waals surface area (Å²) in [7, 11) is 0. The molecule has 1 aromatic carbocycles. The summed E-state index contributed by atoms with van der Waals surface area (Å²) in [5, 5.41) is 7.95. The number of nitrogens with two attached hydrogens (primary N) is 1. The van der Waals surface area contributed by atoms with Crippen molar-refractivity contribution in [3.8, 4) is 5.69 Å². The molecule has 1 aliphatic heterocycles. The molecule has 4 heteroatoms. The maximum Gasteiger partial charge on any atom is 0.0813 e. The fourth-order valence-electron chi connectivity index (χ4n) is 2.29. The zero-order chi connectivity index (χ0) is 11.8. The molecule has 0 atom stereocenters. The second kappa shape index (κ2) is 3.98. The molecule has 0 saturated carbocycles. The zero-order valence-electron chi connectivity index (χ0n) is 9.90. The van der Waals surface area contributed by atoms with Crippen molar-refractivity contribution in [3.63, 3.8) is 0 Å². The predicted octanol–water partition coefficient (Wildman–Crippen LogP) is 1.24. The number of hydrogen-bond acceptors (Lipinski definition) is 3. The molecule has 17 heavy (non-hydrogen) atoms. The van der Waals surface area contributed by atoms with Crippen LogP contribution in [0.1, 0.15) is 22.5 Å². The first-order valence-electron chi connectivity index (χ1n) is 5.87. The lowest BCUT2D eigenvalue weighted by atomic mass is 10.2. The van der Waals surface area contributed by atoms with E-state index in [1.54, 1.807) is 0 Å². The van der Waals surface area contributed by atoms with Gasteiger partial charge in [0.05, 0.1) is 17.1 Å². The molecule has 1 aromatic heterocycles. The Hall–Kier alpha value is -1.65. The molecule has 0 fully saturated rings. The summed E-state index contributed by atoms with van der Waals surface area (Å²) in [5.41, 5.74) is 11.6. The second-order valence-electron chi connectivity index (χ2n) is 4.43. The lowest BCUT2D eigenvalue weighted by Gasteiger charge is -2.05. The SMILES string of the molecule is Cc1ccc(-n2nc(CN)c3c2CNC3)cc1. The molecule has 0 saturated heterocycles. The van der Waals surface area contributed by atoms with Crippen molar-refractivity contribution >= 4 is 0 Å². The van der Waals surface area contributed by atoms with E-state index >= 15 is 0 Å². The van der Waals surface area contributed by atoms with Gasteiger partial charge in [-0.3, -0.25) is 0 Å². The van der Waals surface area contributed by atoms with Crippen LogP contribution >= 0.6 is 0 Å². The fourth-order valence-corrected chi connectivity index (χ4v) is 2.29. The van der Waals surface area contributed by atoms with Gasteiger partial charge in [-0.05, 0) is 19.1 Å². The molecular formula is C13H16N4. The Morgan fingerprint density at radius 1 is 1.29 bits per heavy atom. The van der Waals surface area contributed by atoms with Crippen molar-refractivity contribution in [2.45, 2.75) is 26.6 Å². The highest BCUT2D eigenvalue weighted by molar-refractivity contribution is 5.40. The van der Waals surface area contributed by atoms with Gasteiger partial charge in [0.15, 0.2) is 0 Å². The highest BCUT2D eigenvalue weighted by Crippen LogP contribution is 2.22. The van der Waals surface area contributed by atoms with Crippen LogP contribution in [0.5, 0.6) is 0 Å². The fraction of sp³-hybridized carbons (Fsp3) is 0.308. The first-order valence-corrected chi connectivity index (χ1v) is 5.87. The van der Waals surface area contributed by atoms with E-state index in [9.17, 15) is 0 Å². The summed E-state index contributed by atoms with van der Waals surface area (Å²) < 4.78 is 2.01. The topological polar surface area (TPSA) is 55.9 Å². The minimum Gasteiger partial charge on any atom is -0.325 e. The summed E-state index contributed by atoms with van der Waals surface area (Å²) in [4.78, 5) is 0. The van der Waals surface area contributed by atoms with Crippen molar-refractivity contribution in [1.82, 2.24) is 15.1 Å². The largest absolute Gasteiger partial charge is 0.325 e. The predicted molar refractivity (Wildman–Crippen MR) is 66.7 cm³/mol. The molecule has 0 unspecified atom stereocenters. The first kappa shape index (κ1) is 10.5. The Kier molecular flexibility index (Phi) is 2.46. The number of aromatic nitrogens is 2. The summed E-state index contributed by atoms with van der Waals surface area (Å²) in [6, 6.07) is 8.41. The van der Waals surface area contributed by atoms with E-state index < -0.39 is 0 Å². The number of rotatable bonds is 2. The van der Waals surface area contributed by atoms with Gasteiger partial charge in [0.1, 0.15) is 0 Å². The van der Waals surface area contributed by atoms with E-state index in [4.69, 9.17) is 5.73 Å². The third kappa shape index (κ3) is 1.66. The number of nitrogens with one attached hydrogen (secondary N) is 1. The Morgan fingerprint density at radius 3 is 2.76 bits per heavy atom. The lowest BCUT2D eigenvalue weighted by Crippen LogP contribution is -2.10. The first-order chi connectivity index (χ1) is 8.29. The lowest BCUT2D eigenvalue weighted by molar-refractivity contribution is 0.697. The van der Waals surface area contributed by atoms with E-state index in [1.165, 1.54) is 16.8 Å². The van der Waals surface area contributed by atoms with Crippen molar-refractivity contribution in [2.24, 2.45) is 5.73 Å². The van der Waals surface area contributed by atoms with Crippen LogP contribution in [0, 0.1) is 6.92 Å². The van der Waals surface area contributed by atoms with Crippen LogP contribution in [0.2, 0.25) is 0 Å². The molecule has 3 rings (SSSR count). The Balaban J connectivity index is 2.12. The van der Waals surface area contributed by atoms with E-state index in [1.807, 2.05) is 4.68 Å². The van der Waals surface area contributed by atoms with Crippen molar-refractivity contribution in [3.05, 3.63) is 46.8 Å². The highest BCUT2D eigenvalue weighted by atomic mass is 15.3. The van der Waals surface area contributed by atoms with E-state index in [-0.39, 0.29) is 0 Å². The molecule has 0 spiro atoms. The van der Waals surface area contributed by atoms with Crippen molar-refractivity contribution < 1.29 is 0 Å². The number of hydrogen-bond donors (Lipinski definition) is 2. The van der Waals surface area contributed by atoms with E-state index in [0.29, 0.717) is 6.54 Å². The summed E-state index contributed by atoms with van der Waals surface area (Å²) in [6.07, 6.45) is 0. The van der Waals surface area contributed by atoms with Crippen molar-refractivity contribution in [2.75, 3.05) is 0 Å². The monoisotopic (exact) mass is 228 g/mol. The van der Waals surface area contributed by atoms with Crippen LogP contribution in [-0.4, -0.2) is 9.78 Å². The quantitative estimate of drug-likeness (QED) is 0.813. The van der Waals surface area contributed by atoms with Gasteiger partial charge in [-0.2, -0.15) is 5.10 Å². The van der Waals surface area contributed by atoms with Crippen molar-refractivity contribution in [1.29, 1.82) is 0 Å². The van der Waals surface area contributed by atoms with Crippen LogP contribution in [-0.2, 0) is 19.6 Å². The number of fused-ring (bicyclic) bond motifs is 1. The van der Waals surface area contributed by atoms with Gasteiger partial charge < -0.3 is 11.1 Å². The number of nitrogens with zero attached hydrogens (tertiary/aromatic N) is 2. The van der Waals surface area contributed by atoms with Gasteiger partial charge in [-0.1, -0.05) is 17.7 Å². The van der Waals surface area contributed by atoms with Crippen LogP contribution in [0.4, 0.5) is 0 Å². The van der Waals surface area contributed by atoms with Gasteiger partial charge in [-0.15, -0.1) is 0 Å². The zero-order valence-corrected chi connectivity index (χ0v) is 9.90. The molecule has 1 aliphatic rings. The maximum atomic E-state index is 5.73. The molecule has 88 valence electrons. The highest BCUT2D eigenvalue weighted by Gasteiger charge is 2.21. The Morgan fingerprint density at radius 2 is 2.06 bits per heavy atom. The molecule has 3 N–H and O–H groups in total. The molecule has 0 amide bonds. The van der Waals surface area contributed by atoms with E-state index in [2.05, 4.69) is 41.6 Å². The average molecular weight is 228 g/mol. The molecule has 0 bridgehead atoms. The Bertz CT molecular complexity index is 539. The average Bonchev–Trinajstić information content (AvgIpc) is 2.91. The van der Waals surface area contributed by atoms with Gasteiger partial charge in [0.25, 0.3) is 0 Å². The molecule has 0 aliphatic carbocycles. The number of benzene rings is 1. The minimum absolute atomic E-state index is 0.503. The summed E-state index contributed by atoms with van der Waals surface area (Å²) in [5.74, 6) is 0. The van der Waals surface area contributed by atoms with Crippen LogP contribution < -0.4 is 11.1 Å². The van der Waals surface area contributed by atoms with Crippen LogP contribution in [0.3, 0.4) is 0 Å². The van der Waals surface area contributed by atoms with Gasteiger partial charge in [0, 0.05) is 25.2 Å². The van der Waals surface area contributed by atoms with E-state index in [0.717, 1.165) is 24.5 Å². The summed E-state index contributed by atoms with van der Waals surface area (Å²) >= 11 is 0. The van der Waals surface area contributed by atoms with Gasteiger partial charge in [-0.25, -0.2) is 4.68 Å². The molecule has 0 radical (unpaired) electrons. The van der Waals surface area contributed by atoms with Gasteiger partial charge in [0.2, 0.25) is 0 Å². The third-order valence-electron chi connectivity index (χ3n) is 3.24. The van der Waals surface area contributed by atoms with Crippen LogP contribution in [0.15, 0.2) is 24.3 Å². The standard InChI is InChI=1S/C13H16N4/c1-9-2-4-10(5-3-9)17-13-8-15-7-11(13)12(6-14)16-17/h2-5,15H,6-8,14H2,1H3. The van der Waals surface area contributed by atoms with Crippen LogP contribution in [0.25, 0.3) is 5.69 Å². The Labute approximate surface area is 100 Å². The molecular weight excluding hydrogens is 212 g/mol. The number of aryl methyl sites for hydroxylation is 1. The maximum absolute atomic E-state index is 5.73. The normalized spacial score (nSPS) is 14.0. The third-order valence-corrected chi connectivity index (χ3v) is 3.24. The molecule has 4 nitrogen and oxygen atoms in total. The minimum atomic E-state index is 0.503. The second-order valence-corrected chi connectivity index (χ2v) is 4.43. The molecule has 2 heterocycles. The van der Waals surface area contributed by atoms with Gasteiger partial charge >= 0.3 is 0 Å². The summed E-state index contributed by atoms with van der Waals surface area (Å²) in [6.45, 7) is 4.34.